The molecule has 1 aromatic carbocycles. The summed E-state index contributed by atoms with van der Waals surface area (Å²) in [5.74, 6) is 1.48. The van der Waals surface area contributed by atoms with Gasteiger partial charge in [-0.2, -0.15) is 5.10 Å². The molecule has 142 valence electrons. The average molecular weight is 375 g/mol. The van der Waals surface area contributed by atoms with Crippen LogP contribution in [0.2, 0.25) is 0 Å². The smallest absolute Gasteiger partial charge is 0.228 e. The zero-order valence-electron chi connectivity index (χ0n) is 15.8. The van der Waals surface area contributed by atoms with Gasteiger partial charge in [-0.25, -0.2) is 9.50 Å². The van der Waals surface area contributed by atoms with Crippen molar-refractivity contribution in [2.24, 2.45) is 0 Å². The Balaban J connectivity index is 1.58. The number of amides is 1. The molecule has 1 saturated heterocycles. The number of fused-ring (bicyclic) bond motifs is 1. The molecule has 3 aromatic rings. The maximum Gasteiger partial charge on any atom is 0.228 e. The number of carbonyl (C=O) groups excluding carboxylic acids is 1. The highest BCUT2D eigenvalue weighted by atomic mass is 16.5. The van der Waals surface area contributed by atoms with Gasteiger partial charge in [-0.3, -0.25) is 4.79 Å². The number of hydrogen-bond acceptors (Lipinski definition) is 5. The molecule has 0 saturated carbocycles. The number of nitrogens with zero attached hydrogens (tertiary/aromatic N) is 3. The third-order valence-corrected chi connectivity index (χ3v) is 4.25. The van der Waals surface area contributed by atoms with Gasteiger partial charge in [0.2, 0.25) is 5.91 Å². The van der Waals surface area contributed by atoms with Crippen LogP contribution in [0.15, 0.2) is 60.6 Å². The molecule has 2 N–H and O–H groups in total. The van der Waals surface area contributed by atoms with Crippen LogP contribution in [0.1, 0.15) is 25.8 Å². The van der Waals surface area contributed by atoms with Crippen LogP contribution in [0.3, 0.4) is 0 Å². The summed E-state index contributed by atoms with van der Waals surface area (Å²) in [4.78, 5) is 16.2. The Kier molecular flexibility index (Phi) is 4.57. The fraction of sp³-hybridized carbons (Fsp3) is 0.190. The largest absolute Gasteiger partial charge is 0.491 e. The maximum atomic E-state index is 11.5. The van der Waals surface area contributed by atoms with Crippen LogP contribution < -0.4 is 15.4 Å². The summed E-state index contributed by atoms with van der Waals surface area (Å²) in [6.45, 7) is 7.87. The molecular formula is C21H21N5O2. The first-order valence-corrected chi connectivity index (χ1v) is 9.06. The highest BCUT2D eigenvalue weighted by Crippen LogP contribution is 2.24. The summed E-state index contributed by atoms with van der Waals surface area (Å²) < 4.78 is 7.36. The quantitative estimate of drug-likeness (QED) is 0.711. The lowest BCUT2D eigenvalue weighted by Gasteiger charge is -2.11. The van der Waals surface area contributed by atoms with E-state index in [9.17, 15) is 4.79 Å². The summed E-state index contributed by atoms with van der Waals surface area (Å²) >= 11 is 0. The van der Waals surface area contributed by atoms with Gasteiger partial charge in [0.15, 0.2) is 5.65 Å². The van der Waals surface area contributed by atoms with E-state index in [1.165, 1.54) is 0 Å². The molecule has 1 aliphatic heterocycles. The van der Waals surface area contributed by atoms with Crippen LogP contribution >= 0.6 is 0 Å². The van der Waals surface area contributed by atoms with E-state index in [4.69, 9.17) is 4.74 Å². The second kappa shape index (κ2) is 7.19. The van der Waals surface area contributed by atoms with Gasteiger partial charge in [-0.1, -0.05) is 6.58 Å². The lowest BCUT2D eigenvalue weighted by Crippen LogP contribution is -2.10. The molecule has 7 nitrogen and oxygen atoms in total. The Morgan fingerprint density at radius 2 is 2.07 bits per heavy atom. The predicted molar refractivity (Wildman–Crippen MR) is 108 cm³/mol. The van der Waals surface area contributed by atoms with Crippen molar-refractivity contribution in [3.05, 3.63) is 66.1 Å². The summed E-state index contributed by atoms with van der Waals surface area (Å²) in [6.07, 6.45) is 5.93. The molecular weight excluding hydrogens is 354 g/mol. The normalized spacial score (nSPS) is 15.5. The van der Waals surface area contributed by atoms with Crippen molar-refractivity contribution in [3.63, 3.8) is 0 Å². The zero-order chi connectivity index (χ0) is 19.7. The second-order valence-corrected chi connectivity index (χ2v) is 6.87. The summed E-state index contributed by atoms with van der Waals surface area (Å²) in [5.41, 5.74) is 3.91. The average Bonchev–Trinajstić information content (AvgIpc) is 3.19. The molecule has 0 radical (unpaired) electrons. The molecule has 1 fully saturated rings. The molecule has 3 heterocycles. The number of ether oxygens (including phenoxy) is 1. The number of nitrogens with one attached hydrogen (secondary N) is 2. The minimum Gasteiger partial charge on any atom is -0.491 e. The van der Waals surface area contributed by atoms with Crippen LogP contribution in [0.4, 0.5) is 11.5 Å². The molecule has 2 aromatic heterocycles. The van der Waals surface area contributed by atoms with Crippen LogP contribution in [0, 0.1) is 0 Å². The Morgan fingerprint density at radius 1 is 1.29 bits per heavy atom. The lowest BCUT2D eigenvalue weighted by atomic mass is 10.1. The Morgan fingerprint density at radius 3 is 2.75 bits per heavy atom. The first-order valence-electron chi connectivity index (χ1n) is 9.06. The highest BCUT2D eigenvalue weighted by molar-refractivity contribution is 5.89. The van der Waals surface area contributed by atoms with E-state index in [1.807, 2.05) is 56.5 Å². The number of aromatic nitrogens is 3. The van der Waals surface area contributed by atoms with Crippen LogP contribution in [-0.2, 0) is 4.79 Å². The predicted octanol–water partition coefficient (Wildman–Crippen LogP) is 3.68. The van der Waals surface area contributed by atoms with Gasteiger partial charge in [0, 0.05) is 23.1 Å². The fourth-order valence-electron chi connectivity index (χ4n) is 2.99. The molecule has 28 heavy (non-hydrogen) atoms. The van der Waals surface area contributed by atoms with Gasteiger partial charge in [-0.05, 0) is 55.8 Å². The van der Waals surface area contributed by atoms with Crippen molar-refractivity contribution in [1.82, 2.24) is 19.9 Å². The molecule has 0 unspecified atom stereocenters. The zero-order valence-corrected chi connectivity index (χ0v) is 15.8. The minimum absolute atomic E-state index is 0.0482. The Hall–Kier alpha value is -3.61. The molecule has 4 rings (SSSR count). The summed E-state index contributed by atoms with van der Waals surface area (Å²) in [5, 5.41) is 10.3. The third kappa shape index (κ3) is 3.73. The number of hydrogen-bond donors (Lipinski definition) is 2. The topological polar surface area (TPSA) is 80.6 Å². The van der Waals surface area contributed by atoms with E-state index in [2.05, 4.69) is 27.3 Å². The van der Waals surface area contributed by atoms with Crippen molar-refractivity contribution in [2.45, 2.75) is 26.4 Å². The van der Waals surface area contributed by atoms with Gasteiger partial charge in [0.05, 0.1) is 18.7 Å². The number of carbonyl (C=O) groups is 1. The van der Waals surface area contributed by atoms with Gasteiger partial charge >= 0.3 is 0 Å². The second-order valence-electron chi connectivity index (χ2n) is 6.87. The summed E-state index contributed by atoms with van der Waals surface area (Å²) in [7, 11) is 0. The maximum absolute atomic E-state index is 11.5. The minimum atomic E-state index is -0.0482. The van der Waals surface area contributed by atoms with E-state index in [0.29, 0.717) is 23.6 Å². The lowest BCUT2D eigenvalue weighted by molar-refractivity contribution is -0.118. The molecule has 1 aliphatic rings. The molecule has 0 atom stereocenters. The van der Waals surface area contributed by atoms with E-state index < -0.39 is 0 Å². The molecule has 0 bridgehead atoms. The van der Waals surface area contributed by atoms with E-state index in [-0.39, 0.29) is 12.0 Å². The molecule has 0 spiro atoms. The van der Waals surface area contributed by atoms with Crippen LogP contribution in [-0.4, -0.2) is 26.6 Å². The van der Waals surface area contributed by atoms with Gasteiger partial charge in [-0.15, -0.1) is 0 Å². The van der Waals surface area contributed by atoms with Crippen LogP contribution in [0.25, 0.3) is 11.7 Å². The SMILES string of the molecule is C=C1NC(=O)C/C1=C\c1cnn2ccc(Nc3ccc(OC(C)C)cc3)nc12. The van der Waals surface area contributed by atoms with Gasteiger partial charge < -0.3 is 15.4 Å². The first kappa shape index (κ1) is 17.8. The van der Waals surface area contributed by atoms with E-state index in [1.54, 1.807) is 10.7 Å². The van der Waals surface area contributed by atoms with Crippen molar-refractivity contribution in [3.8, 4) is 5.75 Å². The van der Waals surface area contributed by atoms with Crippen molar-refractivity contribution in [2.75, 3.05) is 5.32 Å². The third-order valence-electron chi connectivity index (χ3n) is 4.25. The molecule has 7 heteroatoms. The standard InChI is InChI=1S/C21H21N5O2/c1-13(2)28-18-6-4-17(5-7-18)24-19-8-9-26-21(25-19)16(12-22-26)10-15-11-20(27)23-14(15)3/h4-10,12-13H,3,11H2,1-2H3,(H,23,27)(H,24,25)/b15-10+. The number of anilines is 2. The first-order chi connectivity index (χ1) is 13.5. The van der Waals surface area contributed by atoms with Crippen molar-refractivity contribution < 1.29 is 9.53 Å². The fourth-order valence-corrected chi connectivity index (χ4v) is 2.99. The van der Waals surface area contributed by atoms with Crippen molar-refractivity contribution in [1.29, 1.82) is 0 Å². The number of allylic oxidation sites excluding steroid dienone is 1. The monoisotopic (exact) mass is 375 g/mol. The highest BCUT2D eigenvalue weighted by Gasteiger charge is 2.19. The summed E-state index contributed by atoms with van der Waals surface area (Å²) in [6, 6.07) is 9.59. The van der Waals surface area contributed by atoms with Crippen LogP contribution in [0.5, 0.6) is 5.75 Å². The molecule has 0 aliphatic carbocycles. The number of benzene rings is 1. The Labute approximate surface area is 162 Å². The number of rotatable bonds is 5. The molecule has 1 amide bonds. The van der Waals surface area contributed by atoms with E-state index in [0.717, 1.165) is 22.6 Å². The van der Waals surface area contributed by atoms with Gasteiger partial charge in [0.1, 0.15) is 11.6 Å². The Bertz CT molecular complexity index is 1080. The van der Waals surface area contributed by atoms with E-state index >= 15 is 0 Å². The van der Waals surface area contributed by atoms with Crippen molar-refractivity contribution >= 4 is 29.1 Å². The van der Waals surface area contributed by atoms with Gasteiger partial charge in [0.25, 0.3) is 0 Å².